The number of hydrogen-bond acceptors (Lipinski definition) is 4. The van der Waals surface area contributed by atoms with Crippen molar-refractivity contribution in [1.82, 2.24) is 4.90 Å². The molecule has 0 radical (unpaired) electrons. The number of carbonyl (C=O) groups is 1. The Kier molecular flexibility index (Phi) is 4.68. The maximum absolute atomic E-state index is 12.5. The number of phenolic OH excluding ortho intramolecular Hbond substituents is 1. The summed E-state index contributed by atoms with van der Waals surface area (Å²) in [7, 11) is 2.19. The third kappa shape index (κ3) is 3.02. The first-order chi connectivity index (χ1) is 13.0. The Morgan fingerprint density at radius 1 is 1.26 bits per heavy atom. The van der Waals surface area contributed by atoms with Crippen molar-refractivity contribution in [2.75, 3.05) is 20.2 Å². The zero-order valence-electron chi connectivity index (χ0n) is 16.3. The van der Waals surface area contributed by atoms with Crippen LogP contribution in [0.2, 0.25) is 0 Å². The maximum Gasteiger partial charge on any atom is 0.338 e. The smallest absolute Gasteiger partial charge is 0.338 e. The predicted molar refractivity (Wildman–Crippen MR) is 106 cm³/mol. The molecule has 4 rings (SSSR count). The van der Waals surface area contributed by atoms with E-state index in [1.807, 2.05) is 32.0 Å². The van der Waals surface area contributed by atoms with E-state index < -0.39 is 0 Å². The average molecular weight is 365 g/mol. The number of fused-ring (bicyclic) bond motifs is 5. The lowest BCUT2D eigenvalue weighted by Gasteiger charge is -2.38. The molecule has 27 heavy (non-hydrogen) atoms. The molecular weight excluding hydrogens is 338 g/mol. The molecule has 2 unspecified atom stereocenters. The summed E-state index contributed by atoms with van der Waals surface area (Å²) in [6, 6.07) is 10.4. The van der Waals surface area contributed by atoms with E-state index in [0.29, 0.717) is 24.0 Å². The van der Waals surface area contributed by atoms with Gasteiger partial charge in [0, 0.05) is 18.5 Å². The molecule has 0 bridgehead atoms. The third-order valence-electron chi connectivity index (χ3n) is 6.21. The van der Waals surface area contributed by atoms with Crippen LogP contribution in [0.25, 0.3) is 0 Å². The quantitative estimate of drug-likeness (QED) is 0.822. The summed E-state index contributed by atoms with van der Waals surface area (Å²) in [5.41, 5.74) is 6.44. The van der Waals surface area contributed by atoms with E-state index in [2.05, 4.69) is 24.1 Å². The highest BCUT2D eigenvalue weighted by atomic mass is 16.5. The maximum atomic E-state index is 12.5. The Morgan fingerprint density at radius 3 is 2.85 bits per heavy atom. The first-order valence-corrected chi connectivity index (χ1v) is 9.82. The van der Waals surface area contributed by atoms with Crippen molar-refractivity contribution in [3.8, 4) is 5.75 Å². The Bertz CT molecular complexity index is 889. The van der Waals surface area contributed by atoms with Crippen LogP contribution in [0.15, 0.2) is 30.3 Å². The number of likely N-dealkylation sites (N-methyl/N-ethyl adjacent to an activating group) is 1. The Hall–Kier alpha value is -2.33. The van der Waals surface area contributed by atoms with Gasteiger partial charge in [-0.1, -0.05) is 18.2 Å². The van der Waals surface area contributed by atoms with E-state index in [9.17, 15) is 9.90 Å². The van der Waals surface area contributed by atoms with E-state index in [-0.39, 0.29) is 11.9 Å². The number of benzene rings is 2. The molecule has 0 fully saturated rings. The number of phenols is 1. The molecular formula is C23H27NO3. The van der Waals surface area contributed by atoms with Crippen molar-refractivity contribution in [2.45, 2.75) is 45.1 Å². The van der Waals surface area contributed by atoms with E-state index in [1.54, 1.807) is 0 Å². The molecule has 4 heteroatoms. The zero-order chi connectivity index (χ0) is 19.1. The Morgan fingerprint density at radius 2 is 2.07 bits per heavy atom. The third-order valence-corrected chi connectivity index (χ3v) is 6.21. The van der Waals surface area contributed by atoms with Crippen molar-refractivity contribution in [2.24, 2.45) is 0 Å². The number of ether oxygens (including phenoxy) is 1. The lowest BCUT2D eigenvalue weighted by molar-refractivity contribution is 0.0524. The molecule has 0 amide bonds. The fourth-order valence-electron chi connectivity index (χ4n) is 4.83. The normalized spacial score (nSPS) is 21.6. The van der Waals surface area contributed by atoms with Gasteiger partial charge in [0.25, 0.3) is 0 Å². The monoisotopic (exact) mass is 365 g/mol. The first kappa shape index (κ1) is 18.1. The summed E-state index contributed by atoms with van der Waals surface area (Å²) in [5, 5.41) is 10.4. The van der Waals surface area contributed by atoms with Gasteiger partial charge < -0.3 is 14.7 Å². The van der Waals surface area contributed by atoms with Crippen molar-refractivity contribution in [1.29, 1.82) is 0 Å². The Labute approximate surface area is 160 Å². The molecule has 4 nitrogen and oxygen atoms in total. The van der Waals surface area contributed by atoms with E-state index in [4.69, 9.17) is 4.74 Å². The molecule has 1 N–H and O–H groups in total. The summed E-state index contributed by atoms with van der Waals surface area (Å²) in [4.78, 5) is 14.9. The molecule has 1 heterocycles. The van der Waals surface area contributed by atoms with Gasteiger partial charge in [0.05, 0.1) is 12.2 Å². The average Bonchev–Trinajstić information content (AvgIpc) is 2.79. The van der Waals surface area contributed by atoms with Crippen molar-refractivity contribution in [3.05, 3.63) is 63.7 Å². The van der Waals surface area contributed by atoms with Crippen molar-refractivity contribution >= 4 is 5.97 Å². The summed E-state index contributed by atoms with van der Waals surface area (Å²) < 4.78 is 5.29. The standard InChI is InChI=1S/C23H27NO3/c1-4-27-23(26)18-7-5-6-17-16(18)8-9-20-22(17)19-13-21(25)14(2)12-15(19)10-11-24(20)3/h5-7,12-13,20,22,25H,4,8-11H2,1-3H3. The van der Waals surface area contributed by atoms with Crippen molar-refractivity contribution in [3.63, 3.8) is 0 Å². The van der Waals surface area contributed by atoms with Gasteiger partial charge in [-0.25, -0.2) is 4.79 Å². The van der Waals surface area contributed by atoms with Gasteiger partial charge in [0.2, 0.25) is 0 Å². The number of esters is 1. The van der Waals surface area contributed by atoms with Gasteiger partial charge in [-0.15, -0.1) is 0 Å². The minimum atomic E-state index is -0.234. The fraction of sp³-hybridized carbons (Fsp3) is 0.435. The summed E-state index contributed by atoms with van der Waals surface area (Å²) in [5.74, 6) is 0.282. The van der Waals surface area contributed by atoms with Gasteiger partial charge in [0.15, 0.2) is 0 Å². The predicted octanol–water partition coefficient (Wildman–Crippen LogP) is 3.81. The minimum absolute atomic E-state index is 0.164. The zero-order valence-corrected chi connectivity index (χ0v) is 16.3. The van der Waals surface area contributed by atoms with Crippen LogP contribution in [0.1, 0.15) is 57.4 Å². The summed E-state index contributed by atoms with van der Waals surface area (Å²) in [6.45, 7) is 5.18. The van der Waals surface area contributed by atoms with E-state index >= 15 is 0 Å². The molecule has 1 aliphatic heterocycles. The minimum Gasteiger partial charge on any atom is -0.508 e. The molecule has 2 aromatic rings. The lowest BCUT2D eigenvalue weighted by Crippen LogP contribution is -2.40. The summed E-state index contributed by atoms with van der Waals surface area (Å²) in [6.07, 6.45) is 2.86. The second-order valence-electron chi connectivity index (χ2n) is 7.75. The SMILES string of the molecule is CCOC(=O)c1cccc2c1CCC1C2c2cc(O)c(C)cc2CCN1C. The molecule has 142 valence electrons. The van der Waals surface area contributed by atoms with E-state index in [1.165, 1.54) is 16.7 Å². The molecule has 1 aliphatic carbocycles. The van der Waals surface area contributed by atoms with Crippen LogP contribution in [0, 0.1) is 6.92 Å². The fourth-order valence-corrected chi connectivity index (χ4v) is 4.83. The largest absolute Gasteiger partial charge is 0.508 e. The van der Waals surface area contributed by atoms with Gasteiger partial charge in [-0.05, 0) is 80.1 Å². The molecule has 0 spiro atoms. The highest BCUT2D eigenvalue weighted by Crippen LogP contribution is 2.44. The van der Waals surface area contributed by atoms with Crippen LogP contribution >= 0.6 is 0 Å². The van der Waals surface area contributed by atoms with Crippen LogP contribution < -0.4 is 0 Å². The second kappa shape index (κ2) is 7.01. The van der Waals surface area contributed by atoms with Gasteiger partial charge in [0.1, 0.15) is 5.75 Å². The van der Waals surface area contributed by atoms with Crippen LogP contribution in [-0.4, -0.2) is 42.2 Å². The number of aromatic hydroxyl groups is 1. The van der Waals surface area contributed by atoms with Gasteiger partial charge in [-0.2, -0.15) is 0 Å². The van der Waals surface area contributed by atoms with Crippen LogP contribution in [0.3, 0.4) is 0 Å². The summed E-state index contributed by atoms with van der Waals surface area (Å²) >= 11 is 0. The number of hydrogen-bond donors (Lipinski definition) is 1. The highest BCUT2D eigenvalue weighted by Gasteiger charge is 2.38. The number of nitrogens with zero attached hydrogens (tertiary/aromatic N) is 1. The number of rotatable bonds is 2. The van der Waals surface area contributed by atoms with Crippen molar-refractivity contribution < 1.29 is 14.6 Å². The van der Waals surface area contributed by atoms with Crippen LogP contribution in [0.5, 0.6) is 5.75 Å². The lowest BCUT2D eigenvalue weighted by atomic mass is 9.73. The molecule has 2 aromatic carbocycles. The second-order valence-corrected chi connectivity index (χ2v) is 7.75. The molecule has 0 saturated carbocycles. The highest BCUT2D eigenvalue weighted by molar-refractivity contribution is 5.91. The van der Waals surface area contributed by atoms with Gasteiger partial charge in [-0.3, -0.25) is 0 Å². The first-order valence-electron chi connectivity index (χ1n) is 9.82. The van der Waals surface area contributed by atoms with Crippen LogP contribution in [0.4, 0.5) is 0 Å². The van der Waals surface area contributed by atoms with E-state index in [0.717, 1.165) is 36.9 Å². The van der Waals surface area contributed by atoms with Crippen LogP contribution in [-0.2, 0) is 17.6 Å². The number of carbonyl (C=O) groups excluding carboxylic acids is 1. The molecule has 0 saturated heterocycles. The Balaban J connectivity index is 1.90. The number of aryl methyl sites for hydroxylation is 1. The van der Waals surface area contributed by atoms with Gasteiger partial charge >= 0.3 is 5.97 Å². The molecule has 0 aromatic heterocycles. The molecule has 2 atom stereocenters. The molecule has 2 aliphatic rings. The topological polar surface area (TPSA) is 49.8 Å².